The molecule has 0 fully saturated rings. The second-order valence-electron chi connectivity index (χ2n) is 5.52. The molecule has 2 aromatic rings. The second-order valence-corrected chi connectivity index (χ2v) is 6.33. The molecular weight excluding hydrogens is 345 g/mol. The van der Waals surface area contributed by atoms with E-state index in [-0.39, 0.29) is 23.9 Å². The van der Waals surface area contributed by atoms with E-state index in [1.54, 1.807) is 24.4 Å². The third kappa shape index (κ3) is 4.53. The number of anilines is 1. The summed E-state index contributed by atoms with van der Waals surface area (Å²) in [5.41, 5.74) is 6.49. The molecule has 2 rings (SSSR count). The number of rotatable bonds is 2. The van der Waals surface area contributed by atoms with E-state index in [9.17, 15) is 0 Å². The number of nitrogens with zero attached hydrogens (tertiary/aromatic N) is 3. The van der Waals surface area contributed by atoms with Crippen molar-refractivity contribution in [2.75, 3.05) is 5.32 Å². The fraction of sp³-hybridized carbons (Fsp3) is 0.286. The summed E-state index contributed by atoms with van der Waals surface area (Å²) in [6.07, 6.45) is 3.56. The smallest absolute Gasteiger partial charge is 0.233 e. The summed E-state index contributed by atoms with van der Waals surface area (Å²) in [5, 5.41) is 3.89. The van der Waals surface area contributed by atoms with Crippen LogP contribution in [0.4, 0.5) is 11.6 Å². The zero-order valence-electron chi connectivity index (χ0n) is 12.5. The van der Waals surface area contributed by atoms with Crippen molar-refractivity contribution in [1.29, 1.82) is 0 Å². The molecule has 1 heterocycles. The van der Waals surface area contributed by atoms with E-state index in [0.717, 1.165) is 0 Å². The van der Waals surface area contributed by atoms with Crippen molar-refractivity contribution < 1.29 is 0 Å². The minimum absolute atomic E-state index is 0. The molecule has 0 bridgehead atoms. The first-order valence-electron chi connectivity index (χ1n) is 6.37. The van der Waals surface area contributed by atoms with E-state index in [4.69, 9.17) is 28.9 Å². The first-order valence-corrected chi connectivity index (χ1v) is 7.13. The Hall–Kier alpha value is -1.43. The number of nitrogens with one attached hydrogen (secondary N) is 1. The molecule has 0 saturated carbocycles. The van der Waals surface area contributed by atoms with Gasteiger partial charge in [-0.2, -0.15) is 4.99 Å². The normalized spacial score (nSPS) is 12.0. The summed E-state index contributed by atoms with van der Waals surface area (Å²) in [6, 6.07) is 5.14. The zero-order valence-corrected chi connectivity index (χ0v) is 14.8. The maximum absolute atomic E-state index is 5.96. The highest BCUT2D eigenvalue weighted by molar-refractivity contribution is 6.42. The van der Waals surface area contributed by atoms with E-state index in [1.807, 2.05) is 10.8 Å². The lowest BCUT2D eigenvalue weighted by Gasteiger charge is -2.21. The lowest BCUT2D eigenvalue weighted by Crippen LogP contribution is -2.24. The molecule has 5 nitrogen and oxygen atoms in total. The Kier molecular flexibility index (Phi) is 6.11. The van der Waals surface area contributed by atoms with Gasteiger partial charge in [0, 0.05) is 23.6 Å². The number of nitrogens with two attached hydrogens (primary N) is 1. The summed E-state index contributed by atoms with van der Waals surface area (Å²) in [5.74, 6) is 0.762. The van der Waals surface area contributed by atoms with E-state index in [1.165, 1.54) is 0 Å². The maximum atomic E-state index is 5.96. The molecule has 0 aliphatic heterocycles. The van der Waals surface area contributed by atoms with Crippen molar-refractivity contribution in [2.24, 2.45) is 10.7 Å². The highest BCUT2D eigenvalue weighted by atomic mass is 35.5. The third-order valence-corrected chi connectivity index (χ3v) is 3.50. The predicted octanol–water partition coefficient (Wildman–Crippen LogP) is 4.43. The van der Waals surface area contributed by atoms with Crippen LogP contribution < -0.4 is 11.1 Å². The Morgan fingerprint density at radius 1 is 1.27 bits per heavy atom. The van der Waals surface area contributed by atoms with Gasteiger partial charge in [0.05, 0.1) is 10.0 Å². The summed E-state index contributed by atoms with van der Waals surface area (Å²) in [4.78, 5) is 8.50. The van der Waals surface area contributed by atoms with Gasteiger partial charge in [0.2, 0.25) is 11.9 Å². The topological polar surface area (TPSA) is 68.2 Å². The number of benzene rings is 1. The lowest BCUT2D eigenvalue weighted by molar-refractivity contribution is 0.400. The molecule has 0 aliphatic carbocycles. The molecule has 0 aliphatic rings. The molecule has 0 saturated heterocycles. The summed E-state index contributed by atoms with van der Waals surface area (Å²) < 4.78 is 1.94. The summed E-state index contributed by atoms with van der Waals surface area (Å²) in [7, 11) is 0. The van der Waals surface area contributed by atoms with E-state index >= 15 is 0 Å². The number of aromatic nitrogens is 2. The SMILES string of the molecule is CC(C)(C)n1ccnc1/N=C(\N)Nc1ccc(Cl)c(Cl)c1.Cl. The van der Waals surface area contributed by atoms with Gasteiger partial charge >= 0.3 is 0 Å². The largest absolute Gasteiger partial charge is 0.369 e. The van der Waals surface area contributed by atoms with E-state index in [2.05, 4.69) is 36.1 Å². The number of imidazole rings is 1. The molecule has 22 heavy (non-hydrogen) atoms. The average Bonchev–Trinajstić information content (AvgIpc) is 2.81. The van der Waals surface area contributed by atoms with Crippen LogP contribution in [0.3, 0.4) is 0 Å². The molecule has 120 valence electrons. The minimum atomic E-state index is -0.126. The predicted molar refractivity (Wildman–Crippen MR) is 95.8 cm³/mol. The van der Waals surface area contributed by atoms with Gasteiger partial charge in [-0.1, -0.05) is 23.2 Å². The Labute approximate surface area is 145 Å². The molecule has 0 unspecified atom stereocenters. The molecule has 0 radical (unpaired) electrons. The first-order chi connectivity index (χ1) is 9.77. The molecule has 8 heteroatoms. The van der Waals surface area contributed by atoms with Crippen LogP contribution in [0.25, 0.3) is 0 Å². The highest BCUT2D eigenvalue weighted by Crippen LogP contribution is 2.25. The van der Waals surface area contributed by atoms with Gasteiger partial charge in [-0.3, -0.25) is 0 Å². The van der Waals surface area contributed by atoms with Crippen LogP contribution in [0, 0.1) is 0 Å². The lowest BCUT2D eigenvalue weighted by atomic mass is 10.1. The fourth-order valence-corrected chi connectivity index (χ4v) is 2.06. The van der Waals surface area contributed by atoms with Crippen molar-refractivity contribution >= 4 is 53.2 Å². The number of hydrogen-bond donors (Lipinski definition) is 2. The van der Waals surface area contributed by atoms with Crippen LogP contribution in [0.5, 0.6) is 0 Å². The van der Waals surface area contributed by atoms with Crippen molar-refractivity contribution in [2.45, 2.75) is 26.3 Å². The Morgan fingerprint density at radius 2 is 1.95 bits per heavy atom. The van der Waals surface area contributed by atoms with Crippen LogP contribution >= 0.6 is 35.6 Å². The van der Waals surface area contributed by atoms with Gasteiger partial charge in [-0.25, -0.2) is 4.98 Å². The number of hydrogen-bond acceptors (Lipinski definition) is 2. The van der Waals surface area contributed by atoms with Crippen LogP contribution in [0.2, 0.25) is 10.0 Å². The Balaban J connectivity index is 0.00000242. The van der Waals surface area contributed by atoms with Crippen LogP contribution in [-0.4, -0.2) is 15.5 Å². The zero-order chi connectivity index (χ0) is 15.6. The quantitative estimate of drug-likeness (QED) is 0.613. The van der Waals surface area contributed by atoms with Crippen LogP contribution in [0.1, 0.15) is 20.8 Å². The highest BCUT2D eigenvalue weighted by Gasteiger charge is 2.16. The van der Waals surface area contributed by atoms with Gasteiger partial charge in [0.1, 0.15) is 0 Å². The molecule has 0 amide bonds. The van der Waals surface area contributed by atoms with Crippen molar-refractivity contribution in [1.82, 2.24) is 9.55 Å². The van der Waals surface area contributed by atoms with Gasteiger partial charge in [-0.15, -0.1) is 12.4 Å². The maximum Gasteiger partial charge on any atom is 0.233 e. The Bertz CT molecular complexity index is 673. The second kappa shape index (κ2) is 7.22. The van der Waals surface area contributed by atoms with Crippen LogP contribution in [-0.2, 0) is 5.54 Å². The molecule has 1 aromatic carbocycles. The van der Waals surface area contributed by atoms with Crippen molar-refractivity contribution in [3.05, 3.63) is 40.6 Å². The molecule has 0 spiro atoms. The number of aliphatic imine (C=N–C) groups is 1. The first kappa shape index (κ1) is 18.6. The number of guanidine groups is 1. The minimum Gasteiger partial charge on any atom is -0.369 e. The fourth-order valence-electron chi connectivity index (χ4n) is 1.76. The van der Waals surface area contributed by atoms with Gasteiger partial charge in [-0.05, 0) is 39.0 Å². The summed E-state index contributed by atoms with van der Waals surface area (Å²) >= 11 is 11.8. The average molecular weight is 363 g/mol. The molecule has 1 aromatic heterocycles. The molecule has 0 atom stereocenters. The standard InChI is InChI=1S/C14H17Cl2N5.ClH/c1-14(2,3)21-7-6-18-13(21)20-12(17)19-9-4-5-10(15)11(16)8-9;/h4-8H,1-3H3,(H3,17,18,19,20);1H. The monoisotopic (exact) mass is 361 g/mol. The summed E-state index contributed by atoms with van der Waals surface area (Å²) in [6.45, 7) is 6.20. The molecular formula is C14H18Cl3N5. The van der Waals surface area contributed by atoms with Crippen LogP contribution in [0.15, 0.2) is 35.6 Å². The van der Waals surface area contributed by atoms with Crippen molar-refractivity contribution in [3.63, 3.8) is 0 Å². The van der Waals surface area contributed by atoms with Gasteiger partial charge in [0.15, 0.2) is 0 Å². The van der Waals surface area contributed by atoms with Gasteiger partial charge < -0.3 is 15.6 Å². The number of halogens is 3. The Morgan fingerprint density at radius 3 is 2.55 bits per heavy atom. The third-order valence-electron chi connectivity index (χ3n) is 2.76. The van der Waals surface area contributed by atoms with Gasteiger partial charge in [0.25, 0.3) is 0 Å². The molecule has 3 N–H and O–H groups in total. The van der Waals surface area contributed by atoms with Crippen molar-refractivity contribution in [3.8, 4) is 0 Å². The van der Waals surface area contributed by atoms with E-state index in [0.29, 0.717) is 21.7 Å². The van der Waals surface area contributed by atoms with E-state index < -0.39 is 0 Å².